The van der Waals surface area contributed by atoms with Crippen molar-refractivity contribution >= 4 is 43.8 Å². The number of aromatic nitrogens is 6. The van der Waals surface area contributed by atoms with Gasteiger partial charge in [-0.3, -0.25) is 0 Å². The quantitative estimate of drug-likeness (QED) is 0.167. The van der Waals surface area contributed by atoms with Crippen LogP contribution in [-0.4, -0.2) is 29.9 Å². The van der Waals surface area contributed by atoms with Crippen molar-refractivity contribution in [3.63, 3.8) is 0 Å². The molecule has 0 aliphatic carbocycles. The Hall–Kier alpha value is -7.84. The first-order valence-electron chi connectivity index (χ1n) is 18.3. The number of nitrogens with zero attached hydrogens (tertiary/aromatic N) is 6. The van der Waals surface area contributed by atoms with Crippen LogP contribution in [0.2, 0.25) is 0 Å². The van der Waals surface area contributed by atoms with E-state index in [1.165, 1.54) is 6.33 Å². The highest BCUT2D eigenvalue weighted by Crippen LogP contribution is 2.43. The molecule has 8 nitrogen and oxygen atoms in total. The van der Waals surface area contributed by atoms with Crippen molar-refractivity contribution in [2.45, 2.75) is 0 Å². The Labute approximate surface area is 319 Å². The minimum atomic E-state index is 0.441. The average molecular weight is 721 g/mol. The van der Waals surface area contributed by atoms with Crippen LogP contribution in [0.25, 0.3) is 112 Å². The zero-order valence-corrected chi connectivity index (χ0v) is 29.7. The van der Waals surface area contributed by atoms with Gasteiger partial charge in [-0.1, -0.05) is 133 Å². The molecule has 0 radical (unpaired) electrons. The highest BCUT2D eigenvalue weighted by atomic mass is 16.4. The molecule has 0 aliphatic heterocycles. The number of furan rings is 1. The lowest BCUT2D eigenvalue weighted by atomic mass is 9.90. The van der Waals surface area contributed by atoms with Crippen LogP contribution in [0.3, 0.4) is 0 Å². The standard InChI is InChI=1S/C48H28N6O2/c1-3-10-30(11-4-1)45-52-46(31-12-5-2-6-13-31)54-47(53-45)32-20-18-29(19-21-32)33-22-23-36(35-15-8-7-14-34(33)35)37-16-9-17-41-44(37)38-26-43-40(27-42(38)55-41)51-48(56-43)39-24-25-49-28-50-39/h1-28H. The fourth-order valence-corrected chi connectivity index (χ4v) is 7.52. The van der Waals surface area contributed by atoms with E-state index in [-0.39, 0.29) is 0 Å². The lowest BCUT2D eigenvalue weighted by molar-refractivity contribution is 0.616. The number of oxazole rings is 1. The summed E-state index contributed by atoms with van der Waals surface area (Å²) in [5.74, 6) is 2.34. The number of fused-ring (bicyclic) bond motifs is 5. The number of hydrogen-bond donors (Lipinski definition) is 0. The number of benzene rings is 7. The molecule has 0 spiro atoms. The van der Waals surface area contributed by atoms with Crippen LogP contribution in [0.15, 0.2) is 179 Å². The topological polar surface area (TPSA) is 104 Å². The van der Waals surface area contributed by atoms with Gasteiger partial charge in [0.25, 0.3) is 0 Å². The summed E-state index contributed by atoms with van der Waals surface area (Å²) in [5, 5.41) is 4.27. The van der Waals surface area contributed by atoms with Crippen LogP contribution in [0.5, 0.6) is 0 Å². The highest BCUT2D eigenvalue weighted by molar-refractivity contribution is 6.18. The van der Waals surface area contributed by atoms with Crippen molar-refractivity contribution in [2.24, 2.45) is 0 Å². The Morgan fingerprint density at radius 3 is 1.70 bits per heavy atom. The van der Waals surface area contributed by atoms with Crippen LogP contribution >= 0.6 is 0 Å². The molecule has 0 N–H and O–H groups in total. The van der Waals surface area contributed by atoms with Gasteiger partial charge in [-0.15, -0.1) is 0 Å². The van der Waals surface area contributed by atoms with E-state index in [1.807, 2.05) is 84.9 Å². The molecule has 11 aromatic rings. The Balaban J connectivity index is 1.00. The van der Waals surface area contributed by atoms with E-state index in [4.69, 9.17) is 28.8 Å². The minimum absolute atomic E-state index is 0.441. The van der Waals surface area contributed by atoms with E-state index in [1.54, 1.807) is 12.3 Å². The molecule has 7 aromatic carbocycles. The lowest BCUT2D eigenvalue weighted by Gasteiger charge is -2.13. The smallest absolute Gasteiger partial charge is 0.246 e. The SMILES string of the molecule is c1ccc(-c2nc(-c3ccccc3)nc(-c3ccc(-c4ccc(-c5cccc6oc7cc8nc(-c9ccncn9)oc8cc7c56)c5ccccc45)cc3)n2)cc1. The van der Waals surface area contributed by atoms with Crippen molar-refractivity contribution < 1.29 is 8.83 Å². The molecule has 11 rings (SSSR count). The first-order chi connectivity index (χ1) is 27.7. The third kappa shape index (κ3) is 5.39. The van der Waals surface area contributed by atoms with Gasteiger partial charge < -0.3 is 8.83 Å². The predicted octanol–water partition coefficient (Wildman–Crippen LogP) is 11.9. The number of hydrogen-bond acceptors (Lipinski definition) is 8. The molecule has 4 aromatic heterocycles. The molecule has 8 heteroatoms. The summed E-state index contributed by atoms with van der Waals surface area (Å²) >= 11 is 0. The Bertz CT molecular complexity index is 3180. The Kier molecular flexibility index (Phi) is 7.31. The molecule has 56 heavy (non-hydrogen) atoms. The van der Waals surface area contributed by atoms with Crippen molar-refractivity contribution in [2.75, 3.05) is 0 Å². The van der Waals surface area contributed by atoms with Crippen LogP contribution < -0.4 is 0 Å². The fraction of sp³-hybridized carbons (Fsp3) is 0. The Morgan fingerprint density at radius 2 is 1.02 bits per heavy atom. The van der Waals surface area contributed by atoms with Gasteiger partial charge >= 0.3 is 0 Å². The predicted molar refractivity (Wildman–Crippen MR) is 220 cm³/mol. The molecule has 4 heterocycles. The summed E-state index contributed by atoms with van der Waals surface area (Å²) in [6.07, 6.45) is 3.16. The van der Waals surface area contributed by atoms with Gasteiger partial charge in [0, 0.05) is 39.7 Å². The molecule has 262 valence electrons. The maximum Gasteiger partial charge on any atom is 0.246 e. The first kappa shape index (κ1) is 31.7. The van der Waals surface area contributed by atoms with E-state index in [9.17, 15) is 0 Å². The average Bonchev–Trinajstić information content (AvgIpc) is 3.87. The summed E-state index contributed by atoms with van der Waals surface area (Å²) in [7, 11) is 0. The van der Waals surface area contributed by atoms with Crippen LogP contribution in [0.4, 0.5) is 0 Å². The van der Waals surface area contributed by atoms with Gasteiger partial charge in [0.05, 0.1) is 0 Å². The van der Waals surface area contributed by atoms with Gasteiger partial charge in [0.15, 0.2) is 23.1 Å². The van der Waals surface area contributed by atoms with E-state index < -0.39 is 0 Å². The van der Waals surface area contributed by atoms with Crippen LogP contribution in [0.1, 0.15) is 0 Å². The summed E-state index contributed by atoms with van der Waals surface area (Å²) in [4.78, 5) is 27.7. The van der Waals surface area contributed by atoms with Crippen LogP contribution in [0, 0.1) is 0 Å². The van der Waals surface area contributed by atoms with Crippen molar-refractivity contribution in [3.8, 4) is 68.0 Å². The maximum absolute atomic E-state index is 6.43. The molecule has 0 fully saturated rings. The van der Waals surface area contributed by atoms with Gasteiger partial charge in [0.1, 0.15) is 28.7 Å². The summed E-state index contributed by atoms with van der Waals surface area (Å²) in [5.41, 5.74) is 10.7. The first-order valence-corrected chi connectivity index (χ1v) is 18.3. The van der Waals surface area contributed by atoms with E-state index in [2.05, 4.69) is 76.7 Å². The maximum atomic E-state index is 6.43. The summed E-state index contributed by atoms with van der Waals surface area (Å²) < 4.78 is 12.6. The molecule has 0 atom stereocenters. The zero-order chi connectivity index (χ0) is 37.0. The normalized spacial score (nSPS) is 11.6. The third-order valence-corrected chi connectivity index (χ3v) is 10.2. The second-order valence-electron chi connectivity index (χ2n) is 13.5. The fourth-order valence-electron chi connectivity index (χ4n) is 7.52. The molecule has 0 saturated carbocycles. The number of rotatable bonds is 6. The largest absolute Gasteiger partial charge is 0.456 e. The second-order valence-corrected chi connectivity index (χ2v) is 13.5. The van der Waals surface area contributed by atoms with E-state index >= 15 is 0 Å². The molecule has 0 bridgehead atoms. The minimum Gasteiger partial charge on any atom is -0.456 e. The van der Waals surface area contributed by atoms with Crippen molar-refractivity contribution in [1.29, 1.82) is 0 Å². The second kappa shape index (κ2) is 12.9. The summed E-state index contributed by atoms with van der Waals surface area (Å²) in [6.45, 7) is 0. The highest BCUT2D eigenvalue weighted by Gasteiger charge is 2.19. The molecule has 0 unspecified atom stereocenters. The lowest BCUT2D eigenvalue weighted by Crippen LogP contribution is -2.00. The third-order valence-electron chi connectivity index (χ3n) is 10.2. The van der Waals surface area contributed by atoms with Gasteiger partial charge in [-0.2, -0.15) is 0 Å². The molecule has 0 amide bonds. The molecule has 0 saturated heterocycles. The summed E-state index contributed by atoms with van der Waals surface area (Å²) in [6, 6.07) is 53.5. The molecular weight excluding hydrogens is 693 g/mol. The van der Waals surface area contributed by atoms with Crippen LogP contribution in [-0.2, 0) is 0 Å². The zero-order valence-electron chi connectivity index (χ0n) is 29.7. The van der Waals surface area contributed by atoms with E-state index in [0.717, 1.165) is 71.7 Å². The van der Waals surface area contributed by atoms with E-state index in [0.29, 0.717) is 40.2 Å². The Morgan fingerprint density at radius 1 is 0.393 bits per heavy atom. The molecular formula is C48H28N6O2. The van der Waals surface area contributed by atoms with Gasteiger partial charge in [-0.05, 0) is 51.2 Å². The van der Waals surface area contributed by atoms with Gasteiger partial charge in [-0.25, -0.2) is 29.9 Å². The van der Waals surface area contributed by atoms with Crippen molar-refractivity contribution in [3.05, 3.63) is 170 Å². The van der Waals surface area contributed by atoms with Crippen molar-refractivity contribution in [1.82, 2.24) is 29.9 Å². The monoisotopic (exact) mass is 720 g/mol. The molecule has 0 aliphatic rings. The van der Waals surface area contributed by atoms with Gasteiger partial charge in [0.2, 0.25) is 5.89 Å².